The summed E-state index contributed by atoms with van der Waals surface area (Å²) in [6, 6.07) is 0. The van der Waals surface area contributed by atoms with Gasteiger partial charge in [-0.15, -0.1) is 0 Å². The number of piperidine rings is 1. The van der Waals surface area contributed by atoms with Crippen LogP contribution in [0.25, 0.3) is 0 Å². The lowest BCUT2D eigenvalue weighted by Crippen LogP contribution is -2.49. The molecule has 0 radical (unpaired) electrons. The number of aromatic nitrogens is 2. The highest BCUT2D eigenvalue weighted by Gasteiger charge is 2.57. The maximum Gasteiger partial charge on any atom is 0.267 e. The molecule has 1 aromatic heterocycles. The molecule has 4 nitrogen and oxygen atoms in total. The van der Waals surface area contributed by atoms with Crippen LogP contribution in [-0.2, 0) is 0 Å². The highest BCUT2D eigenvalue weighted by Crippen LogP contribution is 2.47. The Kier molecular flexibility index (Phi) is 3.59. The summed E-state index contributed by atoms with van der Waals surface area (Å²) in [6.45, 7) is 5.61. The molecule has 1 N–H and O–H groups in total. The molecule has 0 bridgehead atoms. The molecule has 0 amide bonds. The minimum atomic E-state index is -2.60. The SMILES string of the molecule is CC(C)c1cnc(N2CCC3(CC2)CNCC3(F)F)nc1. The number of anilines is 1. The molecular formula is C15H22F2N4. The first-order chi connectivity index (χ1) is 9.94. The number of hydrogen-bond donors (Lipinski definition) is 1. The van der Waals surface area contributed by atoms with Gasteiger partial charge in [0, 0.05) is 32.0 Å². The molecule has 0 unspecified atom stereocenters. The van der Waals surface area contributed by atoms with E-state index in [9.17, 15) is 8.78 Å². The molecule has 0 saturated carbocycles. The summed E-state index contributed by atoms with van der Waals surface area (Å²) in [7, 11) is 0. The van der Waals surface area contributed by atoms with Gasteiger partial charge >= 0.3 is 0 Å². The summed E-state index contributed by atoms with van der Waals surface area (Å²) in [5, 5.41) is 2.85. The quantitative estimate of drug-likeness (QED) is 0.910. The van der Waals surface area contributed by atoms with E-state index in [1.54, 1.807) is 0 Å². The minimum absolute atomic E-state index is 0.188. The van der Waals surface area contributed by atoms with E-state index in [2.05, 4.69) is 29.1 Å². The summed E-state index contributed by atoms with van der Waals surface area (Å²) < 4.78 is 28.1. The van der Waals surface area contributed by atoms with Gasteiger partial charge in [-0.25, -0.2) is 18.7 Å². The van der Waals surface area contributed by atoms with Gasteiger partial charge in [-0.2, -0.15) is 0 Å². The lowest BCUT2D eigenvalue weighted by molar-refractivity contribution is -0.0940. The topological polar surface area (TPSA) is 41.1 Å². The maximum absolute atomic E-state index is 14.0. The zero-order valence-corrected chi connectivity index (χ0v) is 12.6. The summed E-state index contributed by atoms with van der Waals surface area (Å²) in [5.41, 5.74) is 0.222. The third-order valence-corrected chi connectivity index (χ3v) is 4.91. The van der Waals surface area contributed by atoms with Crippen LogP contribution in [-0.4, -0.2) is 42.1 Å². The molecule has 3 heterocycles. The van der Waals surface area contributed by atoms with Gasteiger partial charge in [-0.05, 0) is 24.3 Å². The first-order valence-electron chi connectivity index (χ1n) is 7.59. The number of nitrogens with one attached hydrogen (secondary N) is 1. The van der Waals surface area contributed by atoms with Crippen LogP contribution in [0.4, 0.5) is 14.7 Å². The fourth-order valence-electron chi connectivity index (χ4n) is 3.25. The summed E-state index contributed by atoms with van der Waals surface area (Å²) in [4.78, 5) is 10.8. The lowest BCUT2D eigenvalue weighted by atomic mass is 9.75. The number of nitrogens with zero attached hydrogens (tertiary/aromatic N) is 3. The normalized spacial score (nSPS) is 24.0. The van der Waals surface area contributed by atoms with E-state index < -0.39 is 11.3 Å². The van der Waals surface area contributed by atoms with Crippen molar-refractivity contribution in [1.82, 2.24) is 15.3 Å². The summed E-state index contributed by atoms with van der Waals surface area (Å²) in [5.74, 6) is -1.54. The second kappa shape index (κ2) is 5.16. The van der Waals surface area contributed by atoms with Crippen LogP contribution in [0.5, 0.6) is 0 Å². The Morgan fingerprint density at radius 1 is 1.14 bits per heavy atom. The van der Waals surface area contributed by atoms with E-state index in [4.69, 9.17) is 0 Å². The molecule has 3 rings (SSSR count). The van der Waals surface area contributed by atoms with Gasteiger partial charge in [0.15, 0.2) is 0 Å². The first kappa shape index (κ1) is 14.6. The predicted molar refractivity (Wildman–Crippen MR) is 77.8 cm³/mol. The van der Waals surface area contributed by atoms with Crippen LogP contribution in [0.3, 0.4) is 0 Å². The molecule has 2 saturated heterocycles. The Morgan fingerprint density at radius 2 is 1.76 bits per heavy atom. The van der Waals surface area contributed by atoms with Crippen LogP contribution < -0.4 is 10.2 Å². The van der Waals surface area contributed by atoms with Crippen molar-refractivity contribution >= 4 is 5.95 Å². The molecule has 1 aromatic rings. The average Bonchev–Trinajstić information content (AvgIpc) is 2.75. The van der Waals surface area contributed by atoms with Crippen LogP contribution in [0.15, 0.2) is 12.4 Å². The Hall–Kier alpha value is -1.30. The molecule has 0 aromatic carbocycles. The molecular weight excluding hydrogens is 274 g/mol. The number of halogens is 2. The third kappa shape index (κ3) is 2.50. The van der Waals surface area contributed by atoms with Gasteiger partial charge in [0.2, 0.25) is 5.95 Å². The van der Waals surface area contributed by atoms with Crippen molar-refractivity contribution < 1.29 is 8.78 Å². The van der Waals surface area contributed by atoms with E-state index >= 15 is 0 Å². The highest BCUT2D eigenvalue weighted by molar-refractivity contribution is 5.32. The van der Waals surface area contributed by atoms with E-state index in [1.165, 1.54) is 0 Å². The zero-order valence-electron chi connectivity index (χ0n) is 12.6. The molecule has 0 aliphatic carbocycles. The van der Waals surface area contributed by atoms with Gasteiger partial charge in [-0.1, -0.05) is 13.8 Å². The first-order valence-corrected chi connectivity index (χ1v) is 7.59. The fourth-order valence-corrected chi connectivity index (χ4v) is 3.25. The third-order valence-electron chi connectivity index (χ3n) is 4.91. The van der Waals surface area contributed by atoms with Crippen molar-refractivity contribution in [2.75, 3.05) is 31.1 Å². The second-order valence-electron chi connectivity index (χ2n) is 6.55. The number of alkyl halides is 2. The Bertz CT molecular complexity index is 493. The molecule has 2 fully saturated rings. The van der Waals surface area contributed by atoms with Gasteiger partial charge in [0.05, 0.1) is 12.0 Å². The maximum atomic E-state index is 14.0. The standard InChI is InChI=1S/C15H22F2N4/c1-11(2)12-7-19-13(20-8-12)21-5-3-14(4-6-21)9-18-10-15(14,16)17/h7-8,11,18H,3-6,9-10H2,1-2H3. The van der Waals surface area contributed by atoms with Crippen molar-refractivity contribution in [3.63, 3.8) is 0 Å². The molecule has 0 atom stereocenters. The minimum Gasteiger partial charge on any atom is -0.341 e. The average molecular weight is 296 g/mol. The molecule has 2 aliphatic rings. The monoisotopic (exact) mass is 296 g/mol. The Labute approximate surface area is 124 Å². The highest BCUT2D eigenvalue weighted by atomic mass is 19.3. The Balaban J connectivity index is 1.68. The van der Waals surface area contributed by atoms with Crippen molar-refractivity contribution in [2.24, 2.45) is 5.41 Å². The summed E-state index contributed by atoms with van der Waals surface area (Å²) in [6.07, 6.45) is 4.65. The molecule has 21 heavy (non-hydrogen) atoms. The fraction of sp³-hybridized carbons (Fsp3) is 0.733. The van der Waals surface area contributed by atoms with E-state index in [1.807, 2.05) is 17.3 Å². The van der Waals surface area contributed by atoms with Gasteiger partial charge in [-0.3, -0.25) is 0 Å². The van der Waals surface area contributed by atoms with E-state index in [0.717, 1.165) is 5.56 Å². The van der Waals surface area contributed by atoms with Crippen molar-refractivity contribution in [3.8, 4) is 0 Å². The number of hydrogen-bond acceptors (Lipinski definition) is 4. The predicted octanol–water partition coefficient (Wildman–Crippen LogP) is 2.43. The lowest BCUT2D eigenvalue weighted by Gasteiger charge is -2.41. The van der Waals surface area contributed by atoms with Crippen LogP contribution in [0.2, 0.25) is 0 Å². The summed E-state index contributed by atoms with van der Waals surface area (Å²) >= 11 is 0. The van der Waals surface area contributed by atoms with Gasteiger partial charge in [0.1, 0.15) is 0 Å². The van der Waals surface area contributed by atoms with Crippen molar-refractivity contribution in [3.05, 3.63) is 18.0 Å². The second-order valence-corrected chi connectivity index (χ2v) is 6.55. The molecule has 1 spiro atoms. The Morgan fingerprint density at radius 3 is 2.24 bits per heavy atom. The van der Waals surface area contributed by atoms with E-state index in [-0.39, 0.29) is 6.54 Å². The van der Waals surface area contributed by atoms with Crippen molar-refractivity contribution in [2.45, 2.75) is 38.5 Å². The molecule has 2 aliphatic heterocycles. The van der Waals surface area contributed by atoms with Crippen LogP contribution in [0.1, 0.15) is 38.2 Å². The van der Waals surface area contributed by atoms with E-state index in [0.29, 0.717) is 44.3 Å². The van der Waals surface area contributed by atoms with Gasteiger partial charge < -0.3 is 10.2 Å². The van der Waals surface area contributed by atoms with Crippen LogP contribution in [0, 0.1) is 5.41 Å². The molecule has 116 valence electrons. The smallest absolute Gasteiger partial charge is 0.267 e. The zero-order chi connectivity index (χ0) is 15.1. The van der Waals surface area contributed by atoms with Crippen LogP contribution >= 0.6 is 0 Å². The van der Waals surface area contributed by atoms with Gasteiger partial charge in [0.25, 0.3) is 5.92 Å². The molecule has 6 heteroatoms. The number of rotatable bonds is 2. The largest absolute Gasteiger partial charge is 0.341 e. The van der Waals surface area contributed by atoms with Crippen molar-refractivity contribution in [1.29, 1.82) is 0 Å².